The average molecular weight is 301 g/mol. The van der Waals surface area contributed by atoms with E-state index in [1.165, 1.54) is 0 Å². The zero-order valence-electron chi connectivity index (χ0n) is 13.1. The Bertz CT molecular complexity index is 575. The molecule has 0 unspecified atom stereocenters. The Balaban J connectivity index is 1.75. The molecule has 2 rings (SSSR count). The van der Waals surface area contributed by atoms with E-state index in [4.69, 9.17) is 10.5 Å². The van der Waals surface area contributed by atoms with Crippen LogP contribution in [-0.4, -0.2) is 28.4 Å². The van der Waals surface area contributed by atoms with E-state index in [-0.39, 0.29) is 6.10 Å². The lowest BCUT2D eigenvalue weighted by Crippen LogP contribution is -2.23. The fourth-order valence-corrected chi connectivity index (χ4v) is 1.94. The number of nitrogens with zero attached hydrogens (tertiary/aromatic N) is 3. The molecular formula is C16H23N5O. The molecule has 0 amide bonds. The molecule has 1 heterocycles. The van der Waals surface area contributed by atoms with Crippen molar-refractivity contribution in [2.45, 2.75) is 32.9 Å². The Morgan fingerprint density at radius 2 is 2.14 bits per heavy atom. The smallest absolute Gasteiger partial charge is 0.193 e. The van der Waals surface area contributed by atoms with Crippen molar-refractivity contribution >= 4 is 11.6 Å². The van der Waals surface area contributed by atoms with Crippen LogP contribution in [0.4, 0.5) is 5.69 Å². The molecule has 0 aliphatic carbocycles. The summed E-state index contributed by atoms with van der Waals surface area (Å²) in [7, 11) is 0. The minimum absolute atomic E-state index is 0.167. The normalized spacial score (nSPS) is 11.7. The standard InChI is InChI=1S/C16H23N5O/c1-13(2)22-15-7-5-14(6-8-15)20-16(17)18-9-3-11-21-12-4-10-19-21/h4-8,10,12-13H,3,9,11H2,1-2H3,(H3,17,18,20). The predicted octanol–water partition coefficient (Wildman–Crippen LogP) is 2.49. The Labute approximate surface area is 131 Å². The summed E-state index contributed by atoms with van der Waals surface area (Å²) >= 11 is 0. The molecule has 0 spiro atoms. The first-order chi connectivity index (χ1) is 10.6. The van der Waals surface area contributed by atoms with Gasteiger partial charge in [-0.25, -0.2) is 0 Å². The summed E-state index contributed by atoms with van der Waals surface area (Å²) in [5.74, 6) is 1.26. The highest BCUT2D eigenvalue weighted by molar-refractivity contribution is 5.92. The number of aliphatic imine (C=N–C) groups is 1. The second-order valence-electron chi connectivity index (χ2n) is 5.21. The molecule has 0 aliphatic rings. The van der Waals surface area contributed by atoms with Gasteiger partial charge in [0, 0.05) is 31.2 Å². The molecule has 2 aromatic rings. The SMILES string of the molecule is CC(C)Oc1ccc(NC(N)=NCCCn2cccn2)cc1. The third-order valence-corrected chi connectivity index (χ3v) is 2.89. The van der Waals surface area contributed by atoms with Gasteiger partial charge in [-0.05, 0) is 50.6 Å². The van der Waals surface area contributed by atoms with Crippen molar-refractivity contribution in [2.75, 3.05) is 11.9 Å². The molecule has 1 aromatic carbocycles. The van der Waals surface area contributed by atoms with Gasteiger partial charge in [0.1, 0.15) is 5.75 Å². The molecule has 0 aliphatic heterocycles. The predicted molar refractivity (Wildman–Crippen MR) is 89.2 cm³/mol. The summed E-state index contributed by atoms with van der Waals surface area (Å²) in [5, 5.41) is 7.20. The van der Waals surface area contributed by atoms with Crippen LogP contribution < -0.4 is 15.8 Å². The number of hydrogen-bond acceptors (Lipinski definition) is 3. The number of anilines is 1. The molecule has 6 heteroatoms. The summed E-state index contributed by atoms with van der Waals surface area (Å²) in [6, 6.07) is 9.57. The first kappa shape index (κ1) is 15.9. The first-order valence-corrected chi connectivity index (χ1v) is 7.44. The Hall–Kier alpha value is -2.50. The second-order valence-corrected chi connectivity index (χ2v) is 5.21. The monoisotopic (exact) mass is 301 g/mol. The molecule has 118 valence electrons. The van der Waals surface area contributed by atoms with Crippen molar-refractivity contribution < 1.29 is 4.74 Å². The molecule has 6 nitrogen and oxygen atoms in total. The van der Waals surface area contributed by atoms with Gasteiger partial charge in [0.15, 0.2) is 5.96 Å². The lowest BCUT2D eigenvalue weighted by molar-refractivity contribution is 0.242. The number of ether oxygens (including phenoxy) is 1. The number of benzene rings is 1. The zero-order chi connectivity index (χ0) is 15.8. The van der Waals surface area contributed by atoms with Gasteiger partial charge in [-0.2, -0.15) is 5.10 Å². The van der Waals surface area contributed by atoms with Crippen LogP contribution in [0, 0.1) is 0 Å². The molecule has 0 saturated carbocycles. The molecule has 0 atom stereocenters. The van der Waals surface area contributed by atoms with Gasteiger partial charge in [0.25, 0.3) is 0 Å². The largest absolute Gasteiger partial charge is 0.491 e. The van der Waals surface area contributed by atoms with Crippen LogP contribution in [0.25, 0.3) is 0 Å². The summed E-state index contributed by atoms with van der Waals surface area (Å²) in [4.78, 5) is 4.30. The van der Waals surface area contributed by atoms with E-state index in [2.05, 4.69) is 15.4 Å². The maximum Gasteiger partial charge on any atom is 0.193 e. The van der Waals surface area contributed by atoms with E-state index in [0.29, 0.717) is 12.5 Å². The fraction of sp³-hybridized carbons (Fsp3) is 0.375. The summed E-state index contributed by atoms with van der Waals surface area (Å²) in [5.41, 5.74) is 6.76. The van der Waals surface area contributed by atoms with Crippen molar-refractivity contribution in [2.24, 2.45) is 10.7 Å². The number of nitrogens with one attached hydrogen (secondary N) is 1. The number of aromatic nitrogens is 2. The molecule has 22 heavy (non-hydrogen) atoms. The number of aryl methyl sites for hydroxylation is 1. The van der Waals surface area contributed by atoms with Gasteiger partial charge in [-0.15, -0.1) is 0 Å². The van der Waals surface area contributed by atoms with E-state index >= 15 is 0 Å². The number of rotatable bonds is 7. The third kappa shape index (κ3) is 5.47. The number of hydrogen-bond donors (Lipinski definition) is 2. The second kappa shape index (κ2) is 8.07. The highest BCUT2D eigenvalue weighted by Crippen LogP contribution is 2.16. The van der Waals surface area contributed by atoms with E-state index in [0.717, 1.165) is 24.4 Å². The lowest BCUT2D eigenvalue weighted by atomic mass is 10.3. The Kier molecular flexibility index (Phi) is 5.82. The van der Waals surface area contributed by atoms with Crippen molar-refractivity contribution in [3.63, 3.8) is 0 Å². The molecular weight excluding hydrogens is 278 g/mol. The molecule has 0 saturated heterocycles. The van der Waals surface area contributed by atoms with Gasteiger partial charge < -0.3 is 15.8 Å². The average Bonchev–Trinajstić information content (AvgIpc) is 2.98. The van der Waals surface area contributed by atoms with Gasteiger partial charge in [0.05, 0.1) is 6.10 Å². The maximum absolute atomic E-state index is 5.87. The summed E-state index contributed by atoms with van der Waals surface area (Å²) < 4.78 is 7.47. The minimum atomic E-state index is 0.167. The van der Waals surface area contributed by atoms with Gasteiger partial charge in [0.2, 0.25) is 0 Å². The van der Waals surface area contributed by atoms with Crippen LogP contribution in [0.15, 0.2) is 47.7 Å². The van der Waals surface area contributed by atoms with Crippen molar-refractivity contribution in [1.82, 2.24) is 9.78 Å². The van der Waals surface area contributed by atoms with E-state index in [1.807, 2.05) is 55.1 Å². The van der Waals surface area contributed by atoms with Crippen molar-refractivity contribution in [1.29, 1.82) is 0 Å². The van der Waals surface area contributed by atoms with Crippen LogP contribution in [0.3, 0.4) is 0 Å². The Morgan fingerprint density at radius 1 is 1.36 bits per heavy atom. The van der Waals surface area contributed by atoms with Crippen molar-refractivity contribution in [3.05, 3.63) is 42.7 Å². The van der Waals surface area contributed by atoms with Crippen LogP contribution >= 0.6 is 0 Å². The maximum atomic E-state index is 5.87. The van der Waals surface area contributed by atoms with E-state index in [1.54, 1.807) is 6.20 Å². The first-order valence-electron chi connectivity index (χ1n) is 7.44. The van der Waals surface area contributed by atoms with Crippen LogP contribution in [0.5, 0.6) is 5.75 Å². The molecule has 0 bridgehead atoms. The van der Waals surface area contributed by atoms with Gasteiger partial charge in [-0.3, -0.25) is 9.67 Å². The molecule has 0 fully saturated rings. The Morgan fingerprint density at radius 3 is 2.77 bits per heavy atom. The topological polar surface area (TPSA) is 77.5 Å². The summed E-state index contributed by atoms with van der Waals surface area (Å²) in [6.07, 6.45) is 4.77. The lowest BCUT2D eigenvalue weighted by Gasteiger charge is -2.11. The molecule has 1 aromatic heterocycles. The quantitative estimate of drug-likeness (QED) is 0.468. The third-order valence-electron chi connectivity index (χ3n) is 2.89. The van der Waals surface area contributed by atoms with Gasteiger partial charge in [-0.1, -0.05) is 0 Å². The van der Waals surface area contributed by atoms with E-state index < -0.39 is 0 Å². The van der Waals surface area contributed by atoms with Gasteiger partial charge >= 0.3 is 0 Å². The van der Waals surface area contributed by atoms with Crippen LogP contribution in [-0.2, 0) is 6.54 Å². The number of nitrogens with two attached hydrogens (primary N) is 1. The number of guanidine groups is 1. The highest BCUT2D eigenvalue weighted by atomic mass is 16.5. The van der Waals surface area contributed by atoms with Crippen LogP contribution in [0.2, 0.25) is 0 Å². The zero-order valence-corrected chi connectivity index (χ0v) is 13.1. The summed E-state index contributed by atoms with van der Waals surface area (Å²) in [6.45, 7) is 5.50. The van der Waals surface area contributed by atoms with Crippen LogP contribution in [0.1, 0.15) is 20.3 Å². The van der Waals surface area contributed by atoms with Crippen molar-refractivity contribution in [3.8, 4) is 5.75 Å². The minimum Gasteiger partial charge on any atom is -0.491 e. The molecule has 0 radical (unpaired) electrons. The highest BCUT2D eigenvalue weighted by Gasteiger charge is 1.99. The fourth-order valence-electron chi connectivity index (χ4n) is 1.94. The molecule has 3 N–H and O–H groups in total. The van der Waals surface area contributed by atoms with E-state index in [9.17, 15) is 0 Å².